The van der Waals surface area contributed by atoms with Gasteiger partial charge in [0.15, 0.2) is 0 Å². The third-order valence-electron chi connectivity index (χ3n) is 7.59. The molecular formula is C31H43N5O6. The van der Waals surface area contributed by atoms with Gasteiger partial charge in [-0.1, -0.05) is 44.2 Å². The van der Waals surface area contributed by atoms with Gasteiger partial charge >= 0.3 is 5.97 Å². The SMILES string of the molecule is CC(NC(=O)C(NC(=O)C(C)(C)C=Cc1ccc2ccc(C(C)O)nc2c1)C(C)C)C(=O)N1CCCC(C)(C(=O)O)N1. The summed E-state index contributed by atoms with van der Waals surface area (Å²) in [7, 11) is 0. The first-order valence-corrected chi connectivity index (χ1v) is 14.3. The van der Waals surface area contributed by atoms with Crippen molar-refractivity contribution in [3.05, 3.63) is 47.7 Å². The second kappa shape index (κ2) is 13.0. The molecule has 228 valence electrons. The molecule has 11 nitrogen and oxygen atoms in total. The fraction of sp³-hybridized carbons (Fsp3) is 0.516. The Balaban J connectivity index is 1.67. The highest BCUT2D eigenvalue weighted by Gasteiger charge is 2.40. The molecule has 1 aromatic carbocycles. The standard InChI is InChI=1S/C31H43N5O6/c1-18(2)25(26(38)32-19(3)27(39)36-16-8-14-31(7,35-36)29(41)42)34-28(40)30(5,6)15-13-21-9-10-22-11-12-23(20(4)37)33-24(22)17-21/h9-13,15,17-20,25,35,37H,8,14,16H2,1-7H3,(H,32,38)(H,34,40)(H,41,42). The maximum absolute atomic E-state index is 13.3. The molecule has 42 heavy (non-hydrogen) atoms. The number of nitrogens with zero attached hydrogens (tertiary/aromatic N) is 2. The minimum atomic E-state index is -1.27. The van der Waals surface area contributed by atoms with Gasteiger partial charge in [-0.15, -0.1) is 0 Å². The van der Waals surface area contributed by atoms with E-state index in [0.717, 1.165) is 16.5 Å². The van der Waals surface area contributed by atoms with Crippen molar-refractivity contribution in [1.29, 1.82) is 0 Å². The summed E-state index contributed by atoms with van der Waals surface area (Å²) in [4.78, 5) is 55.7. The van der Waals surface area contributed by atoms with Crippen molar-refractivity contribution in [2.45, 2.75) is 85.0 Å². The maximum Gasteiger partial charge on any atom is 0.325 e. The zero-order chi connectivity index (χ0) is 31.4. The zero-order valence-corrected chi connectivity index (χ0v) is 25.4. The number of hydrogen-bond acceptors (Lipinski definition) is 7. The molecule has 3 rings (SSSR count). The Morgan fingerprint density at radius 1 is 1.10 bits per heavy atom. The third-order valence-corrected chi connectivity index (χ3v) is 7.59. The monoisotopic (exact) mass is 581 g/mol. The molecule has 0 bridgehead atoms. The lowest BCUT2D eigenvalue weighted by Gasteiger charge is -2.39. The number of benzene rings is 1. The molecule has 1 fully saturated rings. The van der Waals surface area contributed by atoms with Crippen molar-refractivity contribution in [3.8, 4) is 0 Å². The number of aromatic nitrogens is 1. The van der Waals surface area contributed by atoms with E-state index >= 15 is 0 Å². The Morgan fingerprint density at radius 3 is 2.38 bits per heavy atom. The van der Waals surface area contributed by atoms with Gasteiger partial charge in [-0.25, -0.2) is 5.43 Å². The number of aliphatic hydroxyl groups excluding tert-OH is 1. The van der Waals surface area contributed by atoms with E-state index in [9.17, 15) is 29.4 Å². The average molecular weight is 582 g/mol. The van der Waals surface area contributed by atoms with Crippen molar-refractivity contribution < 1.29 is 29.4 Å². The number of hydrogen-bond donors (Lipinski definition) is 5. The van der Waals surface area contributed by atoms with Crippen LogP contribution < -0.4 is 16.1 Å². The number of carboxylic acid groups (broad SMARTS) is 1. The fourth-order valence-electron chi connectivity index (χ4n) is 4.65. The number of fused-ring (bicyclic) bond motifs is 1. The van der Waals surface area contributed by atoms with Gasteiger partial charge in [-0.05, 0) is 71.1 Å². The molecule has 1 aliphatic rings. The van der Waals surface area contributed by atoms with Gasteiger partial charge in [0.25, 0.3) is 5.91 Å². The highest BCUT2D eigenvalue weighted by Crippen LogP contribution is 2.23. The predicted octanol–water partition coefficient (Wildman–Crippen LogP) is 2.94. The molecule has 2 aromatic rings. The van der Waals surface area contributed by atoms with Crippen LogP contribution in [0.1, 0.15) is 78.7 Å². The topological polar surface area (TPSA) is 161 Å². The van der Waals surface area contributed by atoms with Crippen LogP contribution in [0.5, 0.6) is 0 Å². The summed E-state index contributed by atoms with van der Waals surface area (Å²) >= 11 is 0. The molecule has 0 spiro atoms. The number of aliphatic carboxylic acids is 1. The largest absolute Gasteiger partial charge is 0.480 e. The minimum absolute atomic E-state index is 0.269. The Hall–Kier alpha value is -3.83. The second-order valence-electron chi connectivity index (χ2n) is 12.2. The summed E-state index contributed by atoms with van der Waals surface area (Å²) in [6.07, 6.45) is 3.77. The number of carbonyl (C=O) groups excluding carboxylic acids is 3. The quantitative estimate of drug-likeness (QED) is 0.286. The van der Waals surface area contributed by atoms with Gasteiger partial charge in [-0.2, -0.15) is 0 Å². The summed E-state index contributed by atoms with van der Waals surface area (Å²) in [5.74, 6) is -2.66. The number of amides is 3. The number of carboxylic acids is 1. The normalized spacial score (nSPS) is 19.9. The molecule has 5 N–H and O–H groups in total. The summed E-state index contributed by atoms with van der Waals surface area (Å²) < 4.78 is 0. The van der Waals surface area contributed by atoms with Gasteiger partial charge < -0.3 is 20.8 Å². The molecule has 0 saturated carbocycles. The summed E-state index contributed by atoms with van der Waals surface area (Å²) in [5, 5.41) is 27.1. The molecule has 2 heterocycles. The van der Waals surface area contributed by atoms with Crippen LogP contribution in [0.25, 0.3) is 17.0 Å². The van der Waals surface area contributed by atoms with Crippen molar-refractivity contribution in [2.75, 3.05) is 6.54 Å². The molecule has 11 heteroatoms. The van der Waals surface area contributed by atoms with Crippen LogP contribution in [-0.2, 0) is 19.2 Å². The molecule has 1 aromatic heterocycles. The molecule has 1 aliphatic heterocycles. The molecule has 4 unspecified atom stereocenters. The smallest absolute Gasteiger partial charge is 0.325 e. The molecule has 4 atom stereocenters. The number of pyridine rings is 1. The second-order valence-corrected chi connectivity index (χ2v) is 12.2. The maximum atomic E-state index is 13.3. The van der Waals surface area contributed by atoms with Crippen LogP contribution in [0.15, 0.2) is 36.4 Å². The lowest BCUT2D eigenvalue weighted by molar-refractivity contribution is -0.154. The fourth-order valence-corrected chi connectivity index (χ4v) is 4.65. The van der Waals surface area contributed by atoms with Gasteiger partial charge in [0, 0.05) is 11.9 Å². The van der Waals surface area contributed by atoms with Crippen molar-refractivity contribution in [1.82, 2.24) is 26.1 Å². The van der Waals surface area contributed by atoms with E-state index in [2.05, 4.69) is 21.0 Å². The van der Waals surface area contributed by atoms with Crippen LogP contribution >= 0.6 is 0 Å². The number of rotatable bonds is 10. The van der Waals surface area contributed by atoms with Gasteiger partial charge in [0.05, 0.1) is 22.7 Å². The molecular weight excluding hydrogens is 538 g/mol. The van der Waals surface area contributed by atoms with Crippen LogP contribution in [0.4, 0.5) is 0 Å². The highest BCUT2D eigenvalue weighted by molar-refractivity contribution is 5.94. The van der Waals surface area contributed by atoms with Crippen LogP contribution in [-0.4, -0.2) is 68.1 Å². The molecule has 3 amide bonds. The molecule has 0 aliphatic carbocycles. The van der Waals surface area contributed by atoms with E-state index in [0.29, 0.717) is 25.1 Å². The lowest BCUT2D eigenvalue weighted by Crippen LogP contribution is -2.65. The van der Waals surface area contributed by atoms with Crippen molar-refractivity contribution in [3.63, 3.8) is 0 Å². The van der Waals surface area contributed by atoms with Crippen LogP contribution in [0.2, 0.25) is 0 Å². The number of aliphatic hydroxyl groups is 1. The van der Waals surface area contributed by atoms with Crippen molar-refractivity contribution in [2.24, 2.45) is 11.3 Å². The summed E-state index contributed by atoms with van der Waals surface area (Å²) in [6.45, 7) is 12.1. The minimum Gasteiger partial charge on any atom is -0.480 e. The van der Waals surface area contributed by atoms with Crippen LogP contribution in [0, 0.1) is 11.3 Å². The van der Waals surface area contributed by atoms with E-state index in [1.165, 1.54) is 18.9 Å². The van der Waals surface area contributed by atoms with E-state index in [-0.39, 0.29) is 11.8 Å². The van der Waals surface area contributed by atoms with Crippen molar-refractivity contribution >= 4 is 40.7 Å². The Kier molecular flexibility index (Phi) is 10.1. The lowest BCUT2D eigenvalue weighted by atomic mass is 9.89. The van der Waals surface area contributed by atoms with E-state index in [1.54, 1.807) is 46.8 Å². The highest BCUT2D eigenvalue weighted by atomic mass is 16.4. The summed E-state index contributed by atoms with van der Waals surface area (Å²) in [5.41, 5.74) is 2.66. The average Bonchev–Trinajstić information content (AvgIpc) is 2.93. The van der Waals surface area contributed by atoms with Gasteiger partial charge in [0.1, 0.15) is 17.6 Å². The number of carbonyl (C=O) groups is 4. The van der Waals surface area contributed by atoms with E-state index in [1.807, 2.05) is 30.3 Å². The van der Waals surface area contributed by atoms with E-state index in [4.69, 9.17) is 0 Å². The Bertz CT molecular complexity index is 1370. The van der Waals surface area contributed by atoms with Gasteiger partial charge in [-0.3, -0.25) is 29.2 Å². The van der Waals surface area contributed by atoms with E-state index < -0.39 is 46.9 Å². The first kappa shape index (κ1) is 32.7. The molecule has 0 radical (unpaired) electrons. The van der Waals surface area contributed by atoms with Crippen LogP contribution in [0.3, 0.4) is 0 Å². The zero-order valence-electron chi connectivity index (χ0n) is 25.4. The predicted molar refractivity (Wildman–Crippen MR) is 160 cm³/mol. The van der Waals surface area contributed by atoms with Gasteiger partial charge in [0.2, 0.25) is 11.8 Å². The first-order chi connectivity index (χ1) is 19.5. The first-order valence-electron chi connectivity index (χ1n) is 14.3. The third kappa shape index (κ3) is 7.71. The number of hydrazine groups is 1. The number of nitrogens with one attached hydrogen (secondary N) is 3. The Labute approximate surface area is 246 Å². The molecule has 1 saturated heterocycles. The Morgan fingerprint density at radius 2 is 1.76 bits per heavy atom. The summed E-state index contributed by atoms with van der Waals surface area (Å²) in [6, 6.07) is 7.56.